The van der Waals surface area contributed by atoms with Crippen LogP contribution in [0, 0.1) is 0 Å². The number of carbonyl (C=O) groups excluding carboxylic acids is 1. The zero-order valence-corrected chi connectivity index (χ0v) is 16.1. The maximum Gasteiger partial charge on any atom is 0.229 e. The number of nitrogens with one attached hydrogen (secondary N) is 2. The van der Waals surface area contributed by atoms with E-state index in [1.54, 1.807) is 11.8 Å². The second kappa shape index (κ2) is 9.64. The van der Waals surface area contributed by atoms with Crippen molar-refractivity contribution < 1.29 is 19.4 Å². The van der Waals surface area contributed by atoms with Crippen LogP contribution in [0.1, 0.15) is 5.56 Å². The summed E-state index contributed by atoms with van der Waals surface area (Å²) in [6.07, 6.45) is 1.68. The number of hydrogen-bond acceptors (Lipinski definition) is 6. The number of carbonyl (C=O) groups is 1. The molecular formula is C20H24N2O4S. The van der Waals surface area contributed by atoms with Gasteiger partial charge in [-0.1, -0.05) is 18.2 Å². The van der Waals surface area contributed by atoms with Crippen LogP contribution < -0.4 is 20.1 Å². The lowest BCUT2D eigenvalue weighted by Gasteiger charge is -2.15. The van der Waals surface area contributed by atoms with Crippen molar-refractivity contribution in [2.45, 2.75) is 17.4 Å². The molecule has 0 fully saturated rings. The van der Waals surface area contributed by atoms with Crippen LogP contribution in [-0.4, -0.2) is 49.7 Å². The van der Waals surface area contributed by atoms with Crippen molar-refractivity contribution in [2.24, 2.45) is 0 Å². The standard InChI is InChI=1S/C20H24N2O4S/c1-27-19-8-3-2-6-18(19)25-10-9-21-12-14(23)13-26-17-7-4-5-16-15(17)11-20(24)22-16/h2-8,14,21,23H,9-13H2,1H3,(H,22,24). The monoisotopic (exact) mass is 388 g/mol. The molecule has 0 saturated heterocycles. The van der Waals surface area contributed by atoms with Crippen LogP contribution in [0.25, 0.3) is 0 Å². The lowest BCUT2D eigenvalue weighted by atomic mass is 10.1. The number of anilines is 1. The van der Waals surface area contributed by atoms with Crippen molar-refractivity contribution in [3.05, 3.63) is 48.0 Å². The highest BCUT2D eigenvalue weighted by molar-refractivity contribution is 7.98. The predicted octanol–water partition coefficient (Wildman–Crippen LogP) is 2.31. The van der Waals surface area contributed by atoms with Gasteiger partial charge in [-0.3, -0.25) is 4.79 Å². The van der Waals surface area contributed by atoms with Crippen LogP contribution >= 0.6 is 11.8 Å². The SMILES string of the molecule is CSc1ccccc1OCCNCC(O)COc1cccc2c1CC(=O)N2. The number of hydrogen-bond donors (Lipinski definition) is 3. The number of aliphatic hydroxyl groups excluding tert-OH is 1. The molecule has 1 amide bonds. The Hall–Kier alpha value is -2.22. The molecule has 3 rings (SSSR count). The topological polar surface area (TPSA) is 79.8 Å². The van der Waals surface area contributed by atoms with Gasteiger partial charge in [0.1, 0.15) is 30.8 Å². The first-order valence-corrected chi connectivity index (χ1v) is 10.1. The molecule has 1 atom stereocenters. The molecule has 2 aromatic carbocycles. The molecule has 0 aromatic heterocycles. The molecule has 2 aromatic rings. The van der Waals surface area contributed by atoms with Gasteiger partial charge in [-0.2, -0.15) is 0 Å². The molecule has 0 spiro atoms. The highest BCUT2D eigenvalue weighted by Gasteiger charge is 2.21. The largest absolute Gasteiger partial charge is 0.491 e. The number of benzene rings is 2. The van der Waals surface area contributed by atoms with E-state index >= 15 is 0 Å². The van der Waals surface area contributed by atoms with Gasteiger partial charge in [0.2, 0.25) is 5.91 Å². The molecule has 7 heteroatoms. The zero-order valence-electron chi connectivity index (χ0n) is 15.2. The van der Waals surface area contributed by atoms with Crippen LogP contribution in [-0.2, 0) is 11.2 Å². The van der Waals surface area contributed by atoms with Crippen LogP contribution in [0.3, 0.4) is 0 Å². The van der Waals surface area contributed by atoms with E-state index in [9.17, 15) is 9.90 Å². The summed E-state index contributed by atoms with van der Waals surface area (Å²) in [5.74, 6) is 1.48. The molecule has 144 valence electrons. The Morgan fingerprint density at radius 2 is 2.00 bits per heavy atom. The Morgan fingerprint density at radius 3 is 2.85 bits per heavy atom. The van der Waals surface area contributed by atoms with Gasteiger partial charge in [-0.05, 0) is 30.5 Å². The third-order valence-corrected chi connectivity index (χ3v) is 4.94. The third kappa shape index (κ3) is 5.38. The van der Waals surface area contributed by atoms with Crippen LogP contribution in [0.15, 0.2) is 47.4 Å². The molecule has 1 aliphatic heterocycles. The van der Waals surface area contributed by atoms with E-state index < -0.39 is 6.10 Å². The Bertz CT molecular complexity index is 784. The van der Waals surface area contributed by atoms with Gasteiger partial charge in [0, 0.05) is 29.2 Å². The lowest BCUT2D eigenvalue weighted by molar-refractivity contribution is -0.115. The number of fused-ring (bicyclic) bond motifs is 1. The van der Waals surface area contributed by atoms with Crippen molar-refractivity contribution in [2.75, 3.05) is 37.9 Å². The zero-order chi connectivity index (χ0) is 19.1. The van der Waals surface area contributed by atoms with Gasteiger partial charge < -0.3 is 25.2 Å². The molecule has 0 saturated carbocycles. The number of aliphatic hydroxyl groups is 1. The van der Waals surface area contributed by atoms with Crippen molar-refractivity contribution in [3.63, 3.8) is 0 Å². The van der Waals surface area contributed by atoms with Gasteiger partial charge in [0.25, 0.3) is 0 Å². The molecule has 1 unspecified atom stereocenters. The van der Waals surface area contributed by atoms with Crippen molar-refractivity contribution in [3.8, 4) is 11.5 Å². The molecule has 3 N–H and O–H groups in total. The van der Waals surface area contributed by atoms with Gasteiger partial charge in [-0.25, -0.2) is 0 Å². The minimum absolute atomic E-state index is 0.0358. The number of ether oxygens (including phenoxy) is 2. The lowest BCUT2D eigenvalue weighted by Crippen LogP contribution is -2.33. The van der Waals surface area contributed by atoms with E-state index in [0.717, 1.165) is 21.9 Å². The number of rotatable bonds is 10. The van der Waals surface area contributed by atoms with Crippen molar-refractivity contribution in [1.29, 1.82) is 0 Å². The smallest absolute Gasteiger partial charge is 0.229 e. The Kier molecular flexibility index (Phi) is 6.98. The summed E-state index contributed by atoms with van der Waals surface area (Å²) in [5.41, 5.74) is 1.64. The summed E-state index contributed by atoms with van der Waals surface area (Å²) >= 11 is 1.65. The maximum atomic E-state index is 11.5. The Labute approximate surface area is 163 Å². The molecule has 1 heterocycles. The third-order valence-electron chi connectivity index (χ3n) is 4.16. The van der Waals surface area contributed by atoms with Crippen LogP contribution in [0.4, 0.5) is 5.69 Å². The predicted molar refractivity (Wildman–Crippen MR) is 107 cm³/mol. The van der Waals surface area contributed by atoms with Crippen LogP contribution in [0.5, 0.6) is 11.5 Å². The summed E-state index contributed by atoms with van der Waals surface area (Å²) in [6.45, 7) is 1.71. The van der Waals surface area contributed by atoms with E-state index in [4.69, 9.17) is 9.47 Å². The first-order chi connectivity index (χ1) is 13.2. The van der Waals surface area contributed by atoms with Gasteiger partial charge in [0.05, 0.1) is 6.42 Å². The number of amides is 1. The van der Waals surface area contributed by atoms with E-state index in [0.29, 0.717) is 31.9 Å². The highest BCUT2D eigenvalue weighted by atomic mass is 32.2. The fourth-order valence-corrected chi connectivity index (χ4v) is 3.38. The first-order valence-electron chi connectivity index (χ1n) is 8.86. The fraction of sp³-hybridized carbons (Fsp3) is 0.350. The summed E-state index contributed by atoms with van der Waals surface area (Å²) in [4.78, 5) is 12.6. The molecule has 0 radical (unpaired) electrons. The molecule has 27 heavy (non-hydrogen) atoms. The van der Waals surface area contributed by atoms with Crippen molar-refractivity contribution >= 4 is 23.4 Å². The first kappa shape index (κ1) is 19.5. The minimum Gasteiger partial charge on any atom is -0.491 e. The van der Waals surface area contributed by atoms with E-state index in [2.05, 4.69) is 10.6 Å². The molecule has 6 nitrogen and oxygen atoms in total. The number of para-hydroxylation sites is 1. The second-order valence-electron chi connectivity index (χ2n) is 6.18. The molecule has 1 aliphatic rings. The second-order valence-corrected chi connectivity index (χ2v) is 7.02. The molecule has 0 bridgehead atoms. The highest BCUT2D eigenvalue weighted by Crippen LogP contribution is 2.31. The summed E-state index contributed by atoms with van der Waals surface area (Å²) < 4.78 is 11.5. The van der Waals surface area contributed by atoms with E-state index in [-0.39, 0.29) is 12.5 Å². The summed E-state index contributed by atoms with van der Waals surface area (Å²) in [6, 6.07) is 13.4. The molecule has 0 aliphatic carbocycles. The fourth-order valence-electron chi connectivity index (χ4n) is 2.84. The van der Waals surface area contributed by atoms with Gasteiger partial charge in [-0.15, -0.1) is 11.8 Å². The average Bonchev–Trinajstić information content (AvgIpc) is 3.07. The number of thioether (sulfide) groups is 1. The van der Waals surface area contributed by atoms with Gasteiger partial charge in [0.15, 0.2) is 0 Å². The van der Waals surface area contributed by atoms with Crippen LogP contribution in [0.2, 0.25) is 0 Å². The van der Waals surface area contributed by atoms with E-state index in [1.807, 2.05) is 48.7 Å². The van der Waals surface area contributed by atoms with Crippen molar-refractivity contribution in [1.82, 2.24) is 5.32 Å². The normalized spacial score (nSPS) is 13.8. The Balaban J connectivity index is 1.35. The quantitative estimate of drug-likeness (QED) is 0.428. The summed E-state index contributed by atoms with van der Waals surface area (Å²) in [7, 11) is 0. The minimum atomic E-state index is -0.649. The molecular weight excluding hydrogens is 364 g/mol. The van der Waals surface area contributed by atoms with Gasteiger partial charge >= 0.3 is 0 Å². The maximum absolute atomic E-state index is 11.5. The summed E-state index contributed by atoms with van der Waals surface area (Å²) in [5, 5.41) is 16.0. The Morgan fingerprint density at radius 1 is 1.19 bits per heavy atom. The van der Waals surface area contributed by atoms with E-state index in [1.165, 1.54) is 0 Å². The average molecular weight is 388 g/mol.